The monoisotopic (exact) mass is 406 g/mol. The molecule has 0 aliphatic heterocycles. The molecule has 18 heavy (non-hydrogen) atoms. The van der Waals surface area contributed by atoms with Gasteiger partial charge in [0.25, 0.3) is 0 Å². The van der Waals surface area contributed by atoms with Gasteiger partial charge in [-0.15, -0.1) is 0 Å². The fourth-order valence-corrected chi connectivity index (χ4v) is 1.93. The quantitative estimate of drug-likeness (QED) is 0.450. The van der Waals surface area contributed by atoms with Crippen LogP contribution in [0, 0.1) is 0 Å². The van der Waals surface area contributed by atoms with Crippen LogP contribution in [0.25, 0.3) is 0 Å². The normalized spacial score (nSPS) is 12.4. The van der Waals surface area contributed by atoms with E-state index in [1.807, 2.05) is 30.3 Å². The van der Waals surface area contributed by atoms with E-state index < -0.39 is 0 Å². The molecule has 0 nitrogen and oxygen atoms in total. The summed E-state index contributed by atoms with van der Waals surface area (Å²) in [5, 5.41) is 0. The standard InChI is InChI=1S/C9H11.C5H5.C3H6.Hf/c1-2-5-9-7-3-6-8(9)4-1;1-2-4-5-3-1;1-3-2;/h3,6-7H,1-2,4-5H2;1-5H;1-2H3;/q2*-1;;+2. The van der Waals surface area contributed by atoms with Crippen LogP contribution in [-0.4, -0.2) is 3.26 Å². The van der Waals surface area contributed by atoms with Crippen molar-refractivity contribution < 1.29 is 23.9 Å². The summed E-state index contributed by atoms with van der Waals surface area (Å²) >= 11 is 1.27. The van der Waals surface area contributed by atoms with Crippen LogP contribution in [0.5, 0.6) is 0 Å². The SMILES string of the molecule is C[C](C)=[Hf+2].c1cc2c([cH-]1)CCCC2.c1cc[cH-]c1. The largest absolute Gasteiger partial charge is 0.214 e. The van der Waals surface area contributed by atoms with Gasteiger partial charge < -0.3 is 0 Å². The maximum absolute atomic E-state index is 2.26. The molecule has 1 aliphatic rings. The van der Waals surface area contributed by atoms with Crippen molar-refractivity contribution >= 4 is 3.26 Å². The average molecular weight is 405 g/mol. The van der Waals surface area contributed by atoms with Gasteiger partial charge in [-0.25, -0.2) is 18.2 Å². The van der Waals surface area contributed by atoms with Gasteiger partial charge in [-0.3, -0.25) is 0 Å². The van der Waals surface area contributed by atoms with Gasteiger partial charge in [0.2, 0.25) is 0 Å². The summed E-state index contributed by atoms with van der Waals surface area (Å²) in [4.78, 5) is 0. The molecule has 94 valence electrons. The minimum atomic E-state index is 1.27. The summed E-state index contributed by atoms with van der Waals surface area (Å²) < 4.78 is 1.56. The predicted molar refractivity (Wildman–Crippen MR) is 77.1 cm³/mol. The molecule has 0 saturated heterocycles. The molecular formula is C17H22Hf. The molecule has 3 rings (SSSR count). The first kappa shape index (κ1) is 15.5. The topological polar surface area (TPSA) is 0 Å². The number of fused-ring (bicyclic) bond motifs is 1. The molecule has 0 aromatic heterocycles. The molecule has 0 unspecified atom stereocenters. The van der Waals surface area contributed by atoms with Crippen LogP contribution in [0.15, 0.2) is 48.5 Å². The number of rotatable bonds is 0. The zero-order valence-electron chi connectivity index (χ0n) is 11.4. The number of hydrogen-bond donors (Lipinski definition) is 0. The van der Waals surface area contributed by atoms with E-state index in [1.54, 1.807) is 14.4 Å². The summed E-state index contributed by atoms with van der Waals surface area (Å²) in [6, 6.07) is 16.7. The van der Waals surface area contributed by atoms with Crippen molar-refractivity contribution in [1.82, 2.24) is 0 Å². The molecule has 0 amide bonds. The third-order valence-corrected chi connectivity index (χ3v) is 2.71. The van der Waals surface area contributed by atoms with Crippen LogP contribution in [0.3, 0.4) is 0 Å². The minimum absolute atomic E-state index is 1.27. The van der Waals surface area contributed by atoms with Crippen molar-refractivity contribution in [3.8, 4) is 0 Å². The van der Waals surface area contributed by atoms with Gasteiger partial charge in [-0.2, -0.15) is 41.5 Å². The number of hydrogen-bond acceptors (Lipinski definition) is 0. The van der Waals surface area contributed by atoms with Crippen LogP contribution < -0.4 is 0 Å². The fraction of sp³-hybridized carbons (Fsp3) is 0.353. The van der Waals surface area contributed by atoms with E-state index in [1.165, 1.54) is 49.6 Å². The van der Waals surface area contributed by atoms with Crippen LogP contribution in [-0.2, 0) is 36.7 Å². The molecule has 0 N–H and O–H groups in total. The van der Waals surface area contributed by atoms with Gasteiger partial charge in [0.1, 0.15) is 0 Å². The predicted octanol–water partition coefficient (Wildman–Crippen LogP) is 4.44. The summed E-state index contributed by atoms with van der Waals surface area (Å²) in [7, 11) is 0. The van der Waals surface area contributed by atoms with Crippen molar-refractivity contribution in [3.63, 3.8) is 0 Å². The van der Waals surface area contributed by atoms with Gasteiger partial charge >= 0.3 is 41.0 Å². The molecule has 0 spiro atoms. The zero-order valence-corrected chi connectivity index (χ0v) is 15.0. The minimum Gasteiger partial charge on any atom is -0.214 e. The third-order valence-electron chi connectivity index (χ3n) is 2.71. The van der Waals surface area contributed by atoms with Crippen molar-refractivity contribution in [3.05, 3.63) is 59.7 Å². The van der Waals surface area contributed by atoms with Gasteiger partial charge in [0.15, 0.2) is 0 Å². The Morgan fingerprint density at radius 1 is 1.06 bits per heavy atom. The Morgan fingerprint density at radius 2 is 1.67 bits per heavy atom. The first-order chi connectivity index (χ1) is 8.70. The van der Waals surface area contributed by atoms with Gasteiger partial charge in [0.05, 0.1) is 0 Å². The van der Waals surface area contributed by atoms with Crippen molar-refractivity contribution in [2.75, 3.05) is 0 Å². The Bertz CT molecular complexity index is 378. The summed E-state index contributed by atoms with van der Waals surface area (Å²) in [6.45, 7) is 4.29. The second-order valence-corrected chi connectivity index (χ2v) is 8.34. The molecule has 0 saturated carbocycles. The van der Waals surface area contributed by atoms with Crippen LogP contribution >= 0.6 is 0 Å². The van der Waals surface area contributed by atoms with E-state index in [-0.39, 0.29) is 0 Å². The average Bonchev–Trinajstić information content (AvgIpc) is 3.03. The second kappa shape index (κ2) is 9.38. The molecule has 0 heterocycles. The molecular weight excluding hydrogens is 383 g/mol. The van der Waals surface area contributed by atoms with Gasteiger partial charge in [-0.1, -0.05) is 25.7 Å². The molecule has 0 bridgehead atoms. The molecule has 1 heteroatoms. The molecule has 2 aromatic carbocycles. The third kappa shape index (κ3) is 7.00. The van der Waals surface area contributed by atoms with E-state index in [0.717, 1.165) is 0 Å². The second-order valence-electron chi connectivity index (χ2n) is 4.75. The Balaban J connectivity index is 0.000000154. The van der Waals surface area contributed by atoms with Crippen molar-refractivity contribution in [2.24, 2.45) is 0 Å². The summed E-state index contributed by atoms with van der Waals surface area (Å²) in [6.07, 6.45) is 5.44. The van der Waals surface area contributed by atoms with E-state index in [4.69, 9.17) is 0 Å². The maximum atomic E-state index is 2.26. The Morgan fingerprint density at radius 3 is 2.17 bits per heavy atom. The van der Waals surface area contributed by atoms with E-state index in [9.17, 15) is 0 Å². The van der Waals surface area contributed by atoms with Crippen LogP contribution in [0.4, 0.5) is 0 Å². The maximum Gasteiger partial charge on any atom is -0.0512 e. The zero-order chi connectivity index (χ0) is 13.2. The molecule has 0 radical (unpaired) electrons. The summed E-state index contributed by atoms with van der Waals surface area (Å²) in [5.41, 5.74) is 3.20. The van der Waals surface area contributed by atoms with E-state index in [0.29, 0.717) is 0 Å². The van der Waals surface area contributed by atoms with Crippen molar-refractivity contribution in [2.45, 2.75) is 39.5 Å². The molecule has 1 aliphatic carbocycles. The van der Waals surface area contributed by atoms with E-state index in [2.05, 4.69) is 32.0 Å². The Labute approximate surface area is 126 Å². The van der Waals surface area contributed by atoms with Crippen LogP contribution in [0.1, 0.15) is 37.8 Å². The molecule has 0 atom stereocenters. The first-order valence-electron chi connectivity index (χ1n) is 6.62. The van der Waals surface area contributed by atoms with Crippen LogP contribution in [0.2, 0.25) is 0 Å². The first-order valence-corrected chi connectivity index (χ1v) is 8.41. The smallest absolute Gasteiger partial charge is 0.0512 e. The van der Waals surface area contributed by atoms with Crippen molar-refractivity contribution in [1.29, 1.82) is 0 Å². The van der Waals surface area contributed by atoms with E-state index >= 15 is 0 Å². The number of aryl methyl sites for hydroxylation is 2. The Kier molecular flexibility index (Phi) is 8.08. The fourth-order valence-electron chi connectivity index (χ4n) is 1.93. The molecule has 0 fully saturated rings. The Hall–Kier alpha value is -0.560. The molecule has 2 aromatic rings. The van der Waals surface area contributed by atoms with Gasteiger partial charge in [0, 0.05) is 0 Å². The van der Waals surface area contributed by atoms with Gasteiger partial charge in [-0.05, 0) is 0 Å². The summed E-state index contributed by atoms with van der Waals surface area (Å²) in [5.74, 6) is 0.